The first kappa shape index (κ1) is 13.8. The van der Waals surface area contributed by atoms with E-state index in [9.17, 15) is 5.11 Å². The van der Waals surface area contributed by atoms with Gasteiger partial charge in [-0.15, -0.1) is 0 Å². The summed E-state index contributed by atoms with van der Waals surface area (Å²) in [6, 6.07) is 9.30. The lowest BCUT2D eigenvalue weighted by Gasteiger charge is -2.18. The summed E-state index contributed by atoms with van der Waals surface area (Å²) < 4.78 is 6.00. The zero-order valence-corrected chi connectivity index (χ0v) is 12.1. The number of methoxy groups -OCH3 is 1. The Bertz CT molecular complexity index is 531. The van der Waals surface area contributed by atoms with Gasteiger partial charge in [0.2, 0.25) is 0 Å². The van der Waals surface area contributed by atoms with Crippen molar-refractivity contribution in [1.29, 1.82) is 0 Å². The fourth-order valence-electron chi connectivity index (χ4n) is 1.74. The van der Waals surface area contributed by atoms with E-state index in [4.69, 9.17) is 4.74 Å². The van der Waals surface area contributed by atoms with Crippen LogP contribution in [0.15, 0.2) is 47.2 Å². The van der Waals surface area contributed by atoms with Crippen molar-refractivity contribution in [2.75, 3.05) is 19.0 Å². The molecular weight excluding hydrogens is 308 g/mol. The zero-order valence-electron chi connectivity index (χ0n) is 10.5. The van der Waals surface area contributed by atoms with Crippen LogP contribution in [0.1, 0.15) is 11.6 Å². The first-order chi connectivity index (χ1) is 9.22. The molecule has 0 saturated carbocycles. The van der Waals surface area contributed by atoms with Crippen molar-refractivity contribution in [1.82, 2.24) is 4.98 Å². The second-order valence-electron chi connectivity index (χ2n) is 4.04. The lowest BCUT2D eigenvalue weighted by atomic mass is 10.1. The third-order valence-electron chi connectivity index (χ3n) is 2.74. The highest BCUT2D eigenvalue weighted by molar-refractivity contribution is 9.10. The fourth-order valence-corrected chi connectivity index (χ4v) is 2.12. The number of hydrogen-bond acceptors (Lipinski definition) is 4. The smallest absolute Gasteiger partial charge is 0.119 e. The summed E-state index contributed by atoms with van der Waals surface area (Å²) in [4.78, 5) is 4.10. The van der Waals surface area contributed by atoms with Gasteiger partial charge in [-0.3, -0.25) is 4.98 Å². The van der Waals surface area contributed by atoms with E-state index >= 15 is 0 Å². The molecule has 5 heteroatoms. The molecule has 4 nitrogen and oxygen atoms in total. The molecule has 0 saturated heterocycles. The van der Waals surface area contributed by atoms with Gasteiger partial charge in [0, 0.05) is 22.6 Å². The van der Waals surface area contributed by atoms with Crippen LogP contribution < -0.4 is 10.1 Å². The van der Waals surface area contributed by atoms with Crippen molar-refractivity contribution in [2.24, 2.45) is 0 Å². The van der Waals surface area contributed by atoms with Crippen LogP contribution in [0.5, 0.6) is 5.75 Å². The van der Waals surface area contributed by atoms with E-state index in [1.165, 1.54) is 0 Å². The number of anilines is 1. The molecule has 0 amide bonds. The number of aliphatic hydroxyl groups excluding tert-OH is 1. The van der Waals surface area contributed by atoms with Crippen molar-refractivity contribution < 1.29 is 9.84 Å². The molecule has 19 heavy (non-hydrogen) atoms. The first-order valence-electron chi connectivity index (χ1n) is 5.85. The highest BCUT2D eigenvalue weighted by Gasteiger charge is 2.11. The number of rotatable bonds is 5. The maximum Gasteiger partial charge on any atom is 0.119 e. The lowest BCUT2D eigenvalue weighted by Crippen LogP contribution is -2.15. The molecule has 2 rings (SSSR count). The molecule has 1 heterocycles. The molecule has 100 valence electrons. The van der Waals surface area contributed by atoms with Crippen LogP contribution in [0.25, 0.3) is 0 Å². The Kier molecular flexibility index (Phi) is 4.76. The van der Waals surface area contributed by atoms with E-state index in [-0.39, 0.29) is 12.6 Å². The number of hydrogen-bond donors (Lipinski definition) is 2. The molecule has 0 fully saturated rings. The monoisotopic (exact) mass is 322 g/mol. The Morgan fingerprint density at radius 1 is 1.32 bits per heavy atom. The van der Waals surface area contributed by atoms with Crippen LogP contribution in [-0.4, -0.2) is 23.8 Å². The molecule has 0 aliphatic rings. The van der Waals surface area contributed by atoms with Crippen LogP contribution in [-0.2, 0) is 0 Å². The number of halogens is 1. The summed E-state index contributed by atoms with van der Waals surface area (Å²) in [6.45, 7) is -0.00976. The summed E-state index contributed by atoms with van der Waals surface area (Å²) >= 11 is 3.38. The molecule has 0 aliphatic heterocycles. The van der Waals surface area contributed by atoms with Crippen molar-refractivity contribution >= 4 is 21.6 Å². The van der Waals surface area contributed by atoms with Gasteiger partial charge in [-0.1, -0.05) is 0 Å². The summed E-state index contributed by atoms with van der Waals surface area (Å²) in [6.07, 6.45) is 3.45. The summed E-state index contributed by atoms with van der Waals surface area (Å²) in [7, 11) is 1.63. The standard InChI is InChI=1S/C14H15BrN2O2/c1-19-13-4-2-12(3-5-13)17-14(9-18)10-6-11(15)8-16-7-10/h2-8,14,17-18H,9H2,1H3. The van der Waals surface area contributed by atoms with Gasteiger partial charge in [-0.05, 0) is 51.8 Å². The molecule has 0 radical (unpaired) electrons. The van der Waals surface area contributed by atoms with Crippen LogP contribution in [0, 0.1) is 0 Å². The van der Waals surface area contributed by atoms with E-state index in [1.54, 1.807) is 19.5 Å². The SMILES string of the molecule is COc1ccc(NC(CO)c2cncc(Br)c2)cc1. The number of nitrogens with one attached hydrogen (secondary N) is 1. The van der Waals surface area contributed by atoms with Gasteiger partial charge in [-0.2, -0.15) is 0 Å². The van der Waals surface area contributed by atoms with Crippen molar-refractivity contribution in [2.45, 2.75) is 6.04 Å². The number of aromatic nitrogens is 1. The van der Waals surface area contributed by atoms with Gasteiger partial charge in [0.1, 0.15) is 5.75 Å². The largest absolute Gasteiger partial charge is 0.497 e. The number of benzene rings is 1. The van der Waals surface area contributed by atoms with Gasteiger partial charge in [0.25, 0.3) is 0 Å². The van der Waals surface area contributed by atoms with Crippen molar-refractivity contribution in [3.8, 4) is 5.75 Å². The topological polar surface area (TPSA) is 54.4 Å². The van der Waals surface area contributed by atoms with E-state index in [0.29, 0.717) is 0 Å². The summed E-state index contributed by atoms with van der Waals surface area (Å²) in [5, 5.41) is 12.8. The maximum absolute atomic E-state index is 9.50. The minimum Gasteiger partial charge on any atom is -0.497 e. The Morgan fingerprint density at radius 3 is 2.63 bits per heavy atom. The second-order valence-corrected chi connectivity index (χ2v) is 4.96. The summed E-state index contributed by atoms with van der Waals surface area (Å²) in [5.41, 5.74) is 1.84. The highest BCUT2D eigenvalue weighted by atomic mass is 79.9. The third-order valence-corrected chi connectivity index (χ3v) is 3.18. The quantitative estimate of drug-likeness (QED) is 0.888. The summed E-state index contributed by atoms with van der Waals surface area (Å²) in [5.74, 6) is 0.801. The Hall–Kier alpha value is -1.59. The molecular formula is C14H15BrN2O2. The molecule has 2 N–H and O–H groups in total. The Morgan fingerprint density at radius 2 is 2.05 bits per heavy atom. The van der Waals surface area contributed by atoms with Gasteiger partial charge >= 0.3 is 0 Å². The maximum atomic E-state index is 9.50. The zero-order chi connectivity index (χ0) is 13.7. The minimum atomic E-state index is -0.196. The van der Waals surface area contributed by atoms with E-state index in [1.807, 2.05) is 30.3 Å². The van der Waals surface area contributed by atoms with E-state index in [2.05, 4.69) is 26.2 Å². The molecule has 1 atom stereocenters. The molecule has 0 spiro atoms. The number of ether oxygens (including phenoxy) is 1. The lowest BCUT2D eigenvalue weighted by molar-refractivity contribution is 0.276. The first-order valence-corrected chi connectivity index (χ1v) is 6.64. The normalized spacial score (nSPS) is 11.9. The molecule has 2 aromatic rings. The van der Waals surface area contributed by atoms with Gasteiger partial charge < -0.3 is 15.2 Å². The van der Waals surface area contributed by atoms with Crippen LogP contribution in [0.2, 0.25) is 0 Å². The Balaban J connectivity index is 2.14. The van der Waals surface area contributed by atoms with Crippen molar-refractivity contribution in [3.05, 3.63) is 52.8 Å². The highest BCUT2D eigenvalue weighted by Crippen LogP contribution is 2.22. The molecule has 0 bridgehead atoms. The average Bonchev–Trinajstić information content (AvgIpc) is 2.45. The van der Waals surface area contributed by atoms with Gasteiger partial charge in [0.15, 0.2) is 0 Å². The van der Waals surface area contributed by atoms with Crippen LogP contribution in [0.3, 0.4) is 0 Å². The van der Waals surface area contributed by atoms with Crippen LogP contribution in [0.4, 0.5) is 5.69 Å². The van der Waals surface area contributed by atoms with Gasteiger partial charge in [-0.25, -0.2) is 0 Å². The predicted octanol–water partition coefficient (Wildman–Crippen LogP) is 3.00. The third kappa shape index (κ3) is 3.68. The van der Waals surface area contributed by atoms with E-state index < -0.39 is 0 Å². The fraction of sp³-hybridized carbons (Fsp3) is 0.214. The van der Waals surface area contributed by atoms with Crippen LogP contribution >= 0.6 is 15.9 Å². The van der Waals surface area contributed by atoms with Gasteiger partial charge in [0.05, 0.1) is 19.8 Å². The predicted molar refractivity (Wildman–Crippen MR) is 78.4 cm³/mol. The Labute approximate surface area is 120 Å². The number of pyridine rings is 1. The van der Waals surface area contributed by atoms with E-state index in [0.717, 1.165) is 21.5 Å². The molecule has 0 aliphatic carbocycles. The average molecular weight is 323 g/mol. The molecule has 1 aromatic heterocycles. The number of nitrogens with zero attached hydrogens (tertiary/aromatic N) is 1. The molecule has 1 unspecified atom stereocenters. The second kappa shape index (κ2) is 6.54. The van der Waals surface area contributed by atoms with Crippen molar-refractivity contribution in [3.63, 3.8) is 0 Å². The minimum absolute atomic E-state index is 0.00976. The number of aliphatic hydroxyl groups is 1. The molecule has 1 aromatic carbocycles.